The Kier molecular flexibility index (Phi) is 7.50. The molecule has 1 heterocycles. The van der Waals surface area contributed by atoms with Crippen LogP contribution in [0.5, 0.6) is 11.5 Å². The number of hydrogen-bond acceptors (Lipinski definition) is 4. The van der Waals surface area contributed by atoms with Crippen LogP contribution in [0.4, 0.5) is 0 Å². The van der Waals surface area contributed by atoms with Gasteiger partial charge in [-0.1, -0.05) is 41.4 Å². The summed E-state index contributed by atoms with van der Waals surface area (Å²) < 4.78 is 13.7. The molecule has 0 aliphatic heterocycles. The quantitative estimate of drug-likeness (QED) is 0.427. The molecule has 0 aliphatic carbocycles. The highest BCUT2D eigenvalue weighted by Crippen LogP contribution is 2.29. The molecule has 0 fully saturated rings. The second-order valence-corrected chi connectivity index (χ2v) is 8.62. The Morgan fingerprint density at radius 3 is 2.37 bits per heavy atom. The molecule has 0 unspecified atom stereocenters. The van der Waals surface area contributed by atoms with Crippen LogP contribution in [0.15, 0.2) is 51.9 Å². The van der Waals surface area contributed by atoms with Crippen molar-refractivity contribution in [1.29, 1.82) is 0 Å². The van der Waals surface area contributed by atoms with Crippen LogP contribution in [0.25, 0.3) is 11.3 Å². The zero-order valence-corrected chi connectivity index (χ0v) is 20.0. The molecule has 0 spiro atoms. The minimum absolute atomic E-state index is 0.301. The van der Waals surface area contributed by atoms with Gasteiger partial charge in [0, 0.05) is 21.5 Å². The molecule has 0 saturated carbocycles. The lowest BCUT2D eigenvalue weighted by Crippen LogP contribution is -2.17. The first-order valence-electron chi connectivity index (χ1n) is 9.81. The SMILES string of the molecule is CCCc1sc(=NC(=O)c2ccc(OC)c(OC)c2)n(CC)c1-c1ccc(Br)cc1. The Balaban J connectivity index is 2.11. The summed E-state index contributed by atoms with van der Waals surface area (Å²) in [4.78, 5) is 19.4. The maximum absolute atomic E-state index is 12.9. The van der Waals surface area contributed by atoms with Gasteiger partial charge in [-0.25, -0.2) is 0 Å². The normalized spacial score (nSPS) is 11.6. The van der Waals surface area contributed by atoms with Gasteiger partial charge in [0.05, 0.1) is 19.9 Å². The fourth-order valence-corrected chi connectivity index (χ4v) is 4.85. The van der Waals surface area contributed by atoms with Gasteiger partial charge >= 0.3 is 0 Å². The fourth-order valence-electron chi connectivity index (χ4n) is 3.28. The van der Waals surface area contributed by atoms with E-state index in [1.54, 1.807) is 43.8 Å². The molecule has 3 aromatic rings. The number of amides is 1. The van der Waals surface area contributed by atoms with E-state index in [0.717, 1.165) is 35.1 Å². The summed E-state index contributed by atoms with van der Waals surface area (Å²) in [5, 5.41) is 0. The van der Waals surface area contributed by atoms with E-state index < -0.39 is 0 Å². The van der Waals surface area contributed by atoms with E-state index in [2.05, 4.69) is 51.5 Å². The van der Waals surface area contributed by atoms with Gasteiger partial charge in [0.15, 0.2) is 16.3 Å². The highest BCUT2D eigenvalue weighted by molar-refractivity contribution is 9.10. The van der Waals surface area contributed by atoms with Crippen molar-refractivity contribution in [1.82, 2.24) is 4.57 Å². The van der Waals surface area contributed by atoms with Crippen molar-refractivity contribution in [2.75, 3.05) is 14.2 Å². The Labute approximate surface area is 189 Å². The van der Waals surface area contributed by atoms with Gasteiger partial charge in [-0.3, -0.25) is 4.79 Å². The average Bonchev–Trinajstić information content (AvgIpc) is 3.10. The number of rotatable bonds is 7. The molecule has 30 heavy (non-hydrogen) atoms. The summed E-state index contributed by atoms with van der Waals surface area (Å²) in [6.07, 6.45) is 1.97. The van der Waals surface area contributed by atoms with Crippen LogP contribution in [-0.4, -0.2) is 24.7 Å². The second-order valence-electron chi connectivity index (χ2n) is 6.64. The molecule has 1 amide bonds. The highest BCUT2D eigenvalue weighted by atomic mass is 79.9. The van der Waals surface area contributed by atoms with E-state index in [9.17, 15) is 4.79 Å². The first kappa shape index (κ1) is 22.3. The van der Waals surface area contributed by atoms with Crippen molar-refractivity contribution in [2.45, 2.75) is 33.2 Å². The largest absolute Gasteiger partial charge is 0.493 e. The molecule has 2 aromatic carbocycles. The lowest BCUT2D eigenvalue weighted by molar-refractivity contribution is 0.0997. The number of halogens is 1. The zero-order chi connectivity index (χ0) is 21.7. The monoisotopic (exact) mass is 488 g/mol. The van der Waals surface area contributed by atoms with Crippen molar-refractivity contribution in [3.8, 4) is 22.8 Å². The number of ether oxygens (including phenoxy) is 2. The lowest BCUT2D eigenvalue weighted by atomic mass is 10.1. The second kappa shape index (κ2) is 10.1. The van der Waals surface area contributed by atoms with Crippen LogP contribution in [-0.2, 0) is 13.0 Å². The van der Waals surface area contributed by atoms with Crippen LogP contribution in [0.1, 0.15) is 35.5 Å². The zero-order valence-electron chi connectivity index (χ0n) is 17.6. The van der Waals surface area contributed by atoms with Crippen molar-refractivity contribution < 1.29 is 14.3 Å². The number of nitrogens with zero attached hydrogens (tertiary/aromatic N) is 2. The van der Waals surface area contributed by atoms with Crippen LogP contribution >= 0.6 is 27.3 Å². The summed E-state index contributed by atoms with van der Waals surface area (Å²) in [6, 6.07) is 13.4. The molecule has 3 rings (SSSR count). The predicted molar refractivity (Wildman–Crippen MR) is 125 cm³/mol. The standard InChI is InChI=1S/C23H25BrN2O3S/c1-5-7-20-21(15-8-11-17(24)12-9-15)26(6-2)23(30-20)25-22(27)16-10-13-18(28-3)19(14-16)29-4/h8-14H,5-7H2,1-4H3. The van der Waals surface area contributed by atoms with Gasteiger partial charge in [-0.15, -0.1) is 11.3 Å². The number of benzene rings is 2. The summed E-state index contributed by atoms with van der Waals surface area (Å²) in [7, 11) is 3.12. The smallest absolute Gasteiger partial charge is 0.279 e. The summed E-state index contributed by atoms with van der Waals surface area (Å²) in [5.41, 5.74) is 2.72. The minimum Gasteiger partial charge on any atom is -0.493 e. The average molecular weight is 489 g/mol. The van der Waals surface area contributed by atoms with E-state index in [1.165, 1.54) is 4.88 Å². The third-order valence-corrected chi connectivity index (χ3v) is 6.38. The fraction of sp³-hybridized carbons (Fsp3) is 0.304. The molecule has 0 radical (unpaired) electrons. The topological polar surface area (TPSA) is 52.8 Å². The van der Waals surface area contributed by atoms with Crippen LogP contribution in [0, 0.1) is 0 Å². The number of hydrogen-bond donors (Lipinski definition) is 0. The molecule has 1 aromatic heterocycles. The van der Waals surface area contributed by atoms with E-state index >= 15 is 0 Å². The van der Waals surface area contributed by atoms with Gasteiger partial charge in [0.25, 0.3) is 5.91 Å². The lowest BCUT2D eigenvalue weighted by Gasteiger charge is -2.09. The Morgan fingerprint density at radius 2 is 1.77 bits per heavy atom. The third-order valence-electron chi connectivity index (χ3n) is 4.72. The van der Waals surface area contributed by atoms with E-state index in [-0.39, 0.29) is 5.91 Å². The number of aryl methyl sites for hydroxylation is 1. The van der Waals surface area contributed by atoms with Gasteiger partial charge < -0.3 is 14.0 Å². The van der Waals surface area contributed by atoms with E-state index in [4.69, 9.17) is 9.47 Å². The Morgan fingerprint density at radius 1 is 1.07 bits per heavy atom. The van der Waals surface area contributed by atoms with Gasteiger partial charge in [-0.05, 0) is 49.2 Å². The molecular weight excluding hydrogens is 464 g/mol. The molecule has 158 valence electrons. The molecule has 0 N–H and O–H groups in total. The van der Waals surface area contributed by atoms with Crippen LogP contribution in [0.3, 0.4) is 0 Å². The van der Waals surface area contributed by atoms with E-state index in [1.807, 2.05) is 12.1 Å². The third kappa shape index (κ3) is 4.68. The highest BCUT2D eigenvalue weighted by Gasteiger charge is 2.16. The van der Waals surface area contributed by atoms with E-state index in [0.29, 0.717) is 21.9 Å². The van der Waals surface area contributed by atoms with Crippen molar-refractivity contribution in [2.24, 2.45) is 4.99 Å². The van der Waals surface area contributed by atoms with Crippen LogP contribution in [0.2, 0.25) is 0 Å². The number of aromatic nitrogens is 1. The Hall–Kier alpha value is -2.38. The van der Waals surface area contributed by atoms with Crippen molar-refractivity contribution in [3.05, 3.63) is 62.2 Å². The van der Waals surface area contributed by atoms with Crippen molar-refractivity contribution in [3.63, 3.8) is 0 Å². The number of methoxy groups -OCH3 is 2. The van der Waals surface area contributed by atoms with Gasteiger partial charge in [0.2, 0.25) is 0 Å². The molecular formula is C23H25BrN2O3S. The molecule has 0 atom stereocenters. The molecule has 0 aliphatic rings. The van der Waals surface area contributed by atoms with Crippen molar-refractivity contribution >= 4 is 33.2 Å². The molecule has 5 nitrogen and oxygen atoms in total. The molecule has 7 heteroatoms. The molecule has 0 bridgehead atoms. The summed E-state index contributed by atoms with van der Waals surface area (Å²) in [5.74, 6) is 0.789. The number of carbonyl (C=O) groups excluding carboxylic acids is 1. The number of carbonyl (C=O) groups is 1. The summed E-state index contributed by atoms with van der Waals surface area (Å²) in [6.45, 7) is 4.96. The molecule has 0 saturated heterocycles. The first-order valence-corrected chi connectivity index (χ1v) is 11.4. The summed E-state index contributed by atoms with van der Waals surface area (Å²) >= 11 is 5.08. The maximum atomic E-state index is 12.9. The minimum atomic E-state index is -0.301. The Bertz CT molecular complexity index is 1100. The van der Waals surface area contributed by atoms with Gasteiger partial charge in [-0.2, -0.15) is 4.99 Å². The predicted octanol–water partition coefficient (Wildman–Crippen LogP) is 5.71. The van der Waals surface area contributed by atoms with Gasteiger partial charge in [0.1, 0.15) is 0 Å². The number of thiazole rings is 1. The first-order chi connectivity index (χ1) is 14.5. The van der Waals surface area contributed by atoms with Crippen LogP contribution < -0.4 is 14.3 Å². The maximum Gasteiger partial charge on any atom is 0.279 e.